The summed E-state index contributed by atoms with van der Waals surface area (Å²) in [6.07, 6.45) is 1.69. The summed E-state index contributed by atoms with van der Waals surface area (Å²) in [5.41, 5.74) is 1.16. The number of amides is 2. The van der Waals surface area contributed by atoms with Crippen LogP contribution in [0.2, 0.25) is 0 Å². The Bertz CT molecular complexity index is 1180. The minimum Gasteiger partial charge on any atom is -0.381 e. The van der Waals surface area contributed by atoms with Gasteiger partial charge in [-0.2, -0.15) is 0 Å². The largest absolute Gasteiger partial charge is 0.381 e. The number of hydrogen-bond donors (Lipinski definition) is 1. The van der Waals surface area contributed by atoms with Crippen molar-refractivity contribution in [3.05, 3.63) is 71.1 Å². The van der Waals surface area contributed by atoms with Gasteiger partial charge < -0.3 is 19.9 Å². The van der Waals surface area contributed by atoms with E-state index in [1.54, 1.807) is 11.3 Å². The zero-order chi connectivity index (χ0) is 24.5. The fraction of sp³-hybridized carbons (Fsp3) is 0.448. The first-order valence-electron chi connectivity index (χ1n) is 13.1. The minimum absolute atomic E-state index is 0.00535. The van der Waals surface area contributed by atoms with E-state index in [1.165, 1.54) is 4.70 Å². The molecule has 1 N–H and O–H groups in total. The van der Waals surface area contributed by atoms with Crippen molar-refractivity contribution in [2.24, 2.45) is 17.8 Å². The molecular weight excluding hydrogens is 470 g/mol. The van der Waals surface area contributed by atoms with Crippen molar-refractivity contribution >= 4 is 33.2 Å². The minimum atomic E-state index is -0.0354. The average molecular weight is 504 g/mol. The number of ether oxygens (including phenoxy) is 1. The molecule has 6 rings (SSSR count). The summed E-state index contributed by atoms with van der Waals surface area (Å²) in [6.45, 7) is 5.87. The third-order valence-electron chi connectivity index (χ3n) is 8.04. The molecule has 4 atom stereocenters. The van der Waals surface area contributed by atoms with Gasteiger partial charge in [0.25, 0.3) is 5.91 Å². The maximum absolute atomic E-state index is 13.2. The van der Waals surface area contributed by atoms with Gasteiger partial charge in [0.2, 0.25) is 5.91 Å². The normalized spacial score (nSPS) is 24.8. The molecule has 3 aromatic rings. The quantitative estimate of drug-likeness (QED) is 0.525. The number of thiophene rings is 1. The van der Waals surface area contributed by atoms with Gasteiger partial charge >= 0.3 is 0 Å². The number of fused-ring (bicyclic) bond motifs is 2. The zero-order valence-corrected chi connectivity index (χ0v) is 21.3. The van der Waals surface area contributed by atoms with Gasteiger partial charge in [0.15, 0.2) is 0 Å². The van der Waals surface area contributed by atoms with Gasteiger partial charge in [-0.05, 0) is 47.8 Å². The van der Waals surface area contributed by atoms with Crippen molar-refractivity contribution in [3.8, 4) is 0 Å². The summed E-state index contributed by atoms with van der Waals surface area (Å²) in [6, 6.07) is 20.5. The van der Waals surface area contributed by atoms with E-state index in [0.29, 0.717) is 25.0 Å². The van der Waals surface area contributed by atoms with E-state index in [9.17, 15) is 9.59 Å². The van der Waals surface area contributed by atoms with Crippen LogP contribution in [-0.2, 0) is 9.53 Å². The Morgan fingerprint density at radius 1 is 1.00 bits per heavy atom. The number of carbonyl (C=O) groups excluding carboxylic acids is 2. The van der Waals surface area contributed by atoms with E-state index in [1.807, 2.05) is 36.4 Å². The summed E-state index contributed by atoms with van der Waals surface area (Å²) >= 11 is 1.60. The Morgan fingerprint density at radius 3 is 2.47 bits per heavy atom. The first kappa shape index (κ1) is 23.6. The molecule has 6 nitrogen and oxygen atoms in total. The summed E-state index contributed by atoms with van der Waals surface area (Å²) in [5.74, 6) is 1.31. The second kappa shape index (κ2) is 10.3. The molecule has 0 radical (unpaired) electrons. The molecule has 3 unspecified atom stereocenters. The van der Waals surface area contributed by atoms with Crippen LogP contribution in [0.4, 0.5) is 0 Å². The van der Waals surface area contributed by atoms with Crippen molar-refractivity contribution in [2.75, 3.05) is 45.9 Å². The van der Waals surface area contributed by atoms with E-state index < -0.39 is 0 Å². The molecule has 3 aliphatic heterocycles. The molecule has 7 heteroatoms. The summed E-state index contributed by atoms with van der Waals surface area (Å²) in [5, 5.41) is 4.45. The van der Waals surface area contributed by atoms with Crippen LogP contribution < -0.4 is 5.32 Å². The van der Waals surface area contributed by atoms with Crippen molar-refractivity contribution in [2.45, 2.75) is 18.9 Å². The predicted octanol–water partition coefficient (Wildman–Crippen LogP) is 4.19. The number of hydrogen-bond acceptors (Lipinski definition) is 5. The van der Waals surface area contributed by atoms with Crippen molar-refractivity contribution in [1.82, 2.24) is 15.1 Å². The van der Waals surface area contributed by atoms with E-state index in [-0.39, 0.29) is 23.8 Å². The Labute approximate surface area is 216 Å². The van der Waals surface area contributed by atoms with Crippen LogP contribution in [0.3, 0.4) is 0 Å². The third-order valence-corrected chi connectivity index (χ3v) is 9.14. The van der Waals surface area contributed by atoms with E-state index in [0.717, 1.165) is 61.4 Å². The average Bonchev–Trinajstić information content (AvgIpc) is 3.69. The lowest BCUT2D eigenvalue weighted by atomic mass is 10.0. The molecule has 3 fully saturated rings. The molecular formula is C29H33N3O3S. The number of likely N-dealkylation sites (tertiary alicyclic amines) is 2. The molecule has 0 saturated carbocycles. The van der Waals surface area contributed by atoms with E-state index in [4.69, 9.17) is 4.74 Å². The van der Waals surface area contributed by atoms with Crippen LogP contribution in [-0.4, -0.2) is 67.6 Å². The lowest BCUT2D eigenvalue weighted by Crippen LogP contribution is -2.37. The maximum atomic E-state index is 13.2. The molecule has 2 amide bonds. The topological polar surface area (TPSA) is 61.9 Å². The molecule has 188 valence electrons. The van der Waals surface area contributed by atoms with Crippen molar-refractivity contribution in [3.63, 3.8) is 0 Å². The van der Waals surface area contributed by atoms with Gasteiger partial charge in [-0.3, -0.25) is 9.59 Å². The Kier molecular flexibility index (Phi) is 6.78. The first-order valence-corrected chi connectivity index (χ1v) is 13.9. The van der Waals surface area contributed by atoms with Crippen molar-refractivity contribution < 1.29 is 14.3 Å². The SMILES string of the molecule is O=C(NC(CCN1CC2CN(C(=O)c3cc4ccccc4s3)C[C@@H]2C1)c1ccccc1)C1CCOC1. The monoisotopic (exact) mass is 503 g/mol. The van der Waals surface area contributed by atoms with Gasteiger partial charge in [-0.25, -0.2) is 0 Å². The highest BCUT2D eigenvalue weighted by atomic mass is 32.1. The lowest BCUT2D eigenvalue weighted by molar-refractivity contribution is -0.125. The molecule has 36 heavy (non-hydrogen) atoms. The fourth-order valence-electron chi connectivity index (χ4n) is 6.03. The smallest absolute Gasteiger partial charge is 0.263 e. The molecule has 0 spiro atoms. The van der Waals surface area contributed by atoms with Gasteiger partial charge in [0.05, 0.1) is 23.4 Å². The van der Waals surface area contributed by atoms with Crippen LogP contribution in [0, 0.1) is 17.8 Å². The highest BCUT2D eigenvalue weighted by Gasteiger charge is 2.42. The van der Waals surface area contributed by atoms with E-state index >= 15 is 0 Å². The second-order valence-electron chi connectivity index (χ2n) is 10.5. The van der Waals surface area contributed by atoms with Gasteiger partial charge in [0.1, 0.15) is 0 Å². The van der Waals surface area contributed by atoms with Gasteiger partial charge in [-0.15, -0.1) is 11.3 Å². The predicted molar refractivity (Wildman–Crippen MR) is 142 cm³/mol. The number of nitrogens with one attached hydrogen (secondary N) is 1. The Morgan fingerprint density at radius 2 is 1.75 bits per heavy atom. The molecule has 1 aromatic heterocycles. The van der Waals surface area contributed by atoms with Crippen LogP contribution in [0.15, 0.2) is 60.7 Å². The molecule has 0 aliphatic carbocycles. The Balaban J connectivity index is 1.04. The summed E-state index contributed by atoms with van der Waals surface area (Å²) in [7, 11) is 0. The molecule has 2 aromatic carbocycles. The van der Waals surface area contributed by atoms with Gasteiger partial charge in [0, 0.05) is 44.0 Å². The number of benzene rings is 2. The van der Waals surface area contributed by atoms with Crippen molar-refractivity contribution in [1.29, 1.82) is 0 Å². The number of carbonyl (C=O) groups is 2. The zero-order valence-electron chi connectivity index (χ0n) is 20.5. The summed E-state index contributed by atoms with van der Waals surface area (Å²) < 4.78 is 6.59. The fourth-order valence-corrected chi connectivity index (χ4v) is 7.06. The first-order chi connectivity index (χ1) is 17.6. The molecule has 3 aliphatic rings. The standard InChI is InChI=1S/C29H33N3O3S/c33-28(22-11-13-35-19-22)30-25(20-6-2-1-3-7-20)10-12-31-15-23-17-32(18-24(23)16-31)29(34)27-14-21-8-4-5-9-26(21)36-27/h1-9,14,22-25H,10-13,15-19H2,(H,30,33)/t22?,23-,24?,25?/m0/s1. The highest BCUT2D eigenvalue weighted by molar-refractivity contribution is 7.20. The highest BCUT2D eigenvalue weighted by Crippen LogP contribution is 2.34. The molecule has 4 heterocycles. The van der Waals surface area contributed by atoms with Gasteiger partial charge in [-0.1, -0.05) is 48.5 Å². The van der Waals surface area contributed by atoms with Crippen LogP contribution in [0.1, 0.15) is 34.1 Å². The third kappa shape index (κ3) is 4.92. The van der Waals surface area contributed by atoms with Crippen LogP contribution >= 0.6 is 11.3 Å². The maximum Gasteiger partial charge on any atom is 0.263 e. The van der Waals surface area contributed by atoms with Crippen LogP contribution in [0.25, 0.3) is 10.1 Å². The molecule has 3 saturated heterocycles. The number of rotatable bonds is 7. The van der Waals surface area contributed by atoms with E-state index in [2.05, 4.69) is 39.4 Å². The number of nitrogens with zero attached hydrogens (tertiary/aromatic N) is 2. The second-order valence-corrected chi connectivity index (χ2v) is 11.5. The van der Waals surface area contributed by atoms with Crippen LogP contribution in [0.5, 0.6) is 0 Å². The lowest BCUT2D eigenvalue weighted by Gasteiger charge is -2.25. The molecule has 0 bridgehead atoms. The Hall–Kier alpha value is -2.74. The summed E-state index contributed by atoms with van der Waals surface area (Å²) in [4.78, 5) is 31.4.